The maximum absolute atomic E-state index is 11.3. The highest BCUT2D eigenvalue weighted by molar-refractivity contribution is 8.67. The summed E-state index contributed by atoms with van der Waals surface area (Å²) in [5.41, 5.74) is -2.90. The van der Waals surface area contributed by atoms with Gasteiger partial charge in [-0.2, -0.15) is 0 Å². The third-order valence-corrected chi connectivity index (χ3v) is 5.21. The summed E-state index contributed by atoms with van der Waals surface area (Å²) in [5.74, 6) is 0. The molecular formula is C7H8O2PS2-. The van der Waals surface area contributed by atoms with Crippen molar-refractivity contribution in [3.63, 3.8) is 0 Å². The van der Waals surface area contributed by atoms with Crippen molar-refractivity contribution >= 4 is 28.9 Å². The van der Waals surface area contributed by atoms with E-state index in [2.05, 4.69) is 4.52 Å². The van der Waals surface area contributed by atoms with Gasteiger partial charge in [0, 0.05) is 12.0 Å². The Bertz CT molecular complexity index is 289. The van der Waals surface area contributed by atoms with Gasteiger partial charge in [0.05, 0.1) is 5.69 Å². The van der Waals surface area contributed by atoms with Gasteiger partial charge in [-0.3, -0.25) is 0 Å². The Morgan fingerprint density at radius 3 is 2.50 bits per heavy atom. The highest BCUT2D eigenvalue weighted by Crippen LogP contribution is 2.54. The van der Waals surface area contributed by atoms with Crippen molar-refractivity contribution in [2.24, 2.45) is 0 Å². The van der Waals surface area contributed by atoms with Gasteiger partial charge < -0.3 is 9.42 Å². The third kappa shape index (κ3) is 3.25. The molecule has 0 heterocycles. The second kappa shape index (κ2) is 4.40. The molecule has 0 saturated heterocycles. The molecular weight excluding hydrogens is 211 g/mol. The number of rotatable bonds is 3. The molecule has 12 heavy (non-hydrogen) atoms. The van der Waals surface area contributed by atoms with Gasteiger partial charge in [0.25, 0.3) is 0 Å². The van der Waals surface area contributed by atoms with E-state index in [0.29, 0.717) is 0 Å². The second-order valence-electron chi connectivity index (χ2n) is 2.03. The Morgan fingerprint density at radius 1 is 1.42 bits per heavy atom. The summed E-state index contributed by atoms with van der Waals surface area (Å²) in [6, 6.07) is 9.33. The summed E-state index contributed by atoms with van der Waals surface area (Å²) in [6.07, 6.45) is 0. The zero-order chi connectivity index (χ0) is 9.03. The maximum Gasteiger partial charge on any atom is 0.0516 e. The molecule has 0 aliphatic rings. The highest BCUT2D eigenvalue weighted by Gasteiger charge is 2.01. The lowest BCUT2D eigenvalue weighted by molar-refractivity contribution is -0.172. The summed E-state index contributed by atoms with van der Waals surface area (Å²) in [4.78, 5) is 12.2. The van der Waals surface area contributed by atoms with Crippen molar-refractivity contribution in [2.75, 3.05) is 7.11 Å². The van der Waals surface area contributed by atoms with Crippen LogP contribution >= 0.6 is 17.1 Å². The normalized spacial score (nSPS) is 15.5. The monoisotopic (exact) mass is 219 g/mol. The van der Waals surface area contributed by atoms with Crippen LogP contribution in [0.4, 0.5) is 0 Å². The van der Waals surface area contributed by atoms with E-state index in [4.69, 9.17) is 11.8 Å². The Balaban J connectivity index is 2.71. The topological polar surface area (TPSA) is 32.3 Å². The van der Waals surface area contributed by atoms with Crippen LogP contribution in [0.25, 0.3) is 0 Å². The Morgan fingerprint density at radius 2 is 2.00 bits per heavy atom. The van der Waals surface area contributed by atoms with Crippen molar-refractivity contribution in [1.29, 1.82) is 0 Å². The van der Waals surface area contributed by atoms with Crippen LogP contribution in [0.15, 0.2) is 35.2 Å². The van der Waals surface area contributed by atoms with Gasteiger partial charge in [-0.05, 0) is 12.1 Å². The first-order valence-corrected chi connectivity index (χ1v) is 7.31. The van der Waals surface area contributed by atoms with Crippen molar-refractivity contribution in [3.05, 3.63) is 30.3 Å². The third-order valence-electron chi connectivity index (χ3n) is 1.18. The zero-order valence-electron chi connectivity index (χ0n) is 6.47. The van der Waals surface area contributed by atoms with Crippen LogP contribution in [0.3, 0.4) is 0 Å². The number of hydrogen-bond acceptors (Lipinski definition) is 4. The summed E-state index contributed by atoms with van der Waals surface area (Å²) in [5, 5.41) is 0. The first-order chi connectivity index (χ1) is 5.64. The predicted molar refractivity (Wildman–Crippen MR) is 53.6 cm³/mol. The van der Waals surface area contributed by atoms with Gasteiger partial charge >= 0.3 is 0 Å². The minimum atomic E-state index is -2.90. The summed E-state index contributed by atoms with van der Waals surface area (Å²) in [6.45, 7) is 0. The molecule has 0 aliphatic carbocycles. The molecule has 0 bridgehead atoms. The minimum absolute atomic E-state index is 0.873. The molecule has 0 radical (unpaired) electrons. The minimum Gasteiger partial charge on any atom is -0.793 e. The van der Waals surface area contributed by atoms with E-state index in [-0.39, 0.29) is 0 Å². The van der Waals surface area contributed by atoms with Crippen LogP contribution < -0.4 is 4.89 Å². The van der Waals surface area contributed by atoms with E-state index >= 15 is 0 Å². The standard InChI is InChI=1S/C7H9O2PS2/c1-9-10(8,11)12-7-5-3-2-4-6-7/h2-6H,1H3,(H,8,11)/p-1. The van der Waals surface area contributed by atoms with Crippen LogP contribution in [0, 0.1) is 0 Å². The molecule has 1 rings (SSSR count). The average Bonchev–Trinajstić information content (AvgIpc) is 2.06. The molecule has 0 aromatic heterocycles. The second-order valence-corrected chi connectivity index (χ2v) is 8.07. The van der Waals surface area contributed by atoms with E-state index in [0.717, 1.165) is 16.3 Å². The molecule has 1 atom stereocenters. The molecule has 0 aliphatic heterocycles. The molecule has 5 heteroatoms. The highest BCUT2D eigenvalue weighted by atomic mass is 32.9. The van der Waals surface area contributed by atoms with Gasteiger partial charge in [-0.15, -0.1) is 0 Å². The smallest absolute Gasteiger partial charge is 0.0516 e. The molecule has 0 saturated carbocycles. The van der Waals surface area contributed by atoms with E-state index < -0.39 is 5.69 Å². The quantitative estimate of drug-likeness (QED) is 0.728. The Labute approximate surface area is 80.9 Å². The summed E-state index contributed by atoms with van der Waals surface area (Å²) in [7, 11) is 1.36. The molecule has 66 valence electrons. The zero-order valence-corrected chi connectivity index (χ0v) is 8.99. The summed E-state index contributed by atoms with van der Waals surface area (Å²) >= 11 is 5.82. The van der Waals surface area contributed by atoms with Crippen LogP contribution in [0.1, 0.15) is 0 Å². The Hall–Kier alpha value is 0.140. The average molecular weight is 219 g/mol. The Kier molecular flexibility index (Phi) is 3.75. The first-order valence-electron chi connectivity index (χ1n) is 3.25. The lowest BCUT2D eigenvalue weighted by atomic mass is 10.4. The van der Waals surface area contributed by atoms with Crippen LogP contribution in [0.5, 0.6) is 0 Å². The fourth-order valence-electron chi connectivity index (χ4n) is 0.648. The molecule has 0 fully saturated rings. The molecule has 0 N–H and O–H groups in total. The largest absolute Gasteiger partial charge is 0.793 e. The van der Waals surface area contributed by atoms with Crippen LogP contribution in [-0.2, 0) is 16.3 Å². The van der Waals surface area contributed by atoms with Gasteiger partial charge in [-0.1, -0.05) is 41.4 Å². The van der Waals surface area contributed by atoms with Gasteiger partial charge in [-0.25, -0.2) is 0 Å². The van der Waals surface area contributed by atoms with Crippen molar-refractivity contribution in [3.8, 4) is 0 Å². The van der Waals surface area contributed by atoms with Crippen molar-refractivity contribution < 1.29 is 9.42 Å². The van der Waals surface area contributed by atoms with Gasteiger partial charge in [0.15, 0.2) is 0 Å². The molecule has 1 unspecified atom stereocenters. The molecule has 2 nitrogen and oxygen atoms in total. The lowest BCUT2D eigenvalue weighted by Gasteiger charge is -2.24. The predicted octanol–water partition coefficient (Wildman–Crippen LogP) is 2.01. The first kappa shape index (κ1) is 10.2. The van der Waals surface area contributed by atoms with E-state index in [9.17, 15) is 4.89 Å². The SMILES string of the molecule is COP([O-])(=S)Sc1ccccc1. The van der Waals surface area contributed by atoms with Crippen LogP contribution in [-0.4, -0.2) is 7.11 Å². The maximum atomic E-state index is 11.3. The van der Waals surface area contributed by atoms with Gasteiger partial charge in [0.2, 0.25) is 0 Å². The van der Waals surface area contributed by atoms with Gasteiger partial charge in [0.1, 0.15) is 0 Å². The fraction of sp³-hybridized carbons (Fsp3) is 0.143. The number of benzene rings is 1. The van der Waals surface area contributed by atoms with Crippen molar-refractivity contribution in [1.82, 2.24) is 0 Å². The summed E-state index contributed by atoms with van der Waals surface area (Å²) < 4.78 is 4.67. The fourth-order valence-corrected chi connectivity index (χ4v) is 3.40. The molecule has 1 aromatic carbocycles. The van der Waals surface area contributed by atoms with Crippen molar-refractivity contribution in [2.45, 2.75) is 4.90 Å². The molecule has 1 aromatic rings. The van der Waals surface area contributed by atoms with Crippen LogP contribution in [0.2, 0.25) is 0 Å². The molecule has 0 amide bonds. The lowest BCUT2D eigenvalue weighted by Crippen LogP contribution is -1.96. The van der Waals surface area contributed by atoms with E-state index in [1.165, 1.54) is 7.11 Å². The molecule has 0 spiro atoms. The van der Waals surface area contributed by atoms with E-state index in [1.54, 1.807) is 0 Å². The van der Waals surface area contributed by atoms with E-state index in [1.807, 2.05) is 30.3 Å². The number of hydrogen-bond donors (Lipinski definition) is 0.